The molecular weight excluding hydrogens is 261 g/mol. The van der Waals surface area contributed by atoms with E-state index in [4.69, 9.17) is 9.47 Å². The number of rotatable bonds is 5. The van der Waals surface area contributed by atoms with E-state index in [0.717, 1.165) is 18.2 Å². The molecule has 0 amide bonds. The van der Waals surface area contributed by atoms with Gasteiger partial charge in [-0.25, -0.2) is 9.37 Å². The minimum atomic E-state index is -0.519. The molecule has 0 saturated heterocycles. The van der Waals surface area contributed by atoms with Crippen molar-refractivity contribution in [3.63, 3.8) is 0 Å². The Morgan fingerprint density at radius 2 is 2.05 bits per heavy atom. The molecule has 0 aliphatic rings. The Bertz CT molecular complexity index is 602. The first-order chi connectivity index (χ1) is 9.67. The molecule has 0 bridgehead atoms. The van der Waals surface area contributed by atoms with Crippen molar-refractivity contribution >= 4 is 0 Å². The van der Waals surface area contributed by atoms with Crippen LogP contribution in [0.15, 0.2) is 30.5 Å². The summed E-state index contributed by atoms with van der Waals surface area (Å²) in [6.45, 7) is 1.69. The summed E-state index contributed by atoms with van der Waals surface area (Å²) in [4.78, 5) is 3.85. The topological polar surface area (TPSA) is 51.6 Å². The fraction of sp³-hybridized carbons (Fsp3) is 0.267. The van der Waals surface area contributed by atoms with Crippen LogP contribution in [0, 0.1) is 5.82 Å². The molecule has 0 fully saturated rings. The molecule has 1 aromatic carbocycles. The van der Waals surface area contributed by atoms with Crippen LogP contribution >= 0.6 is 0 Å². The number of nitrogens with zero attached hydrogens (tertiary/aromatic N) is 1. The maximum absolute atomic E-state index is 13.1. The van der Waals surface area contributed by atoms with Gasteiger partial charge in [-0.1, -0.05) is 13.0 Å². The summed E-state index contributed by atoms with van der Waals surface area (Å²) in [5.41, 5.74) is 1.40. The predicted octanol–water partition coefficient (Wildman–Crippen LogP) is 3.08. The Labute approximate surface area is 116 Å². The number of aliphatic hydroxyl groups excluding tert-OH is 1. The number of hydrogen-bond donors (Lipinski definition) is 1. The van der Waals surface area contributed by atoms with Crippen LogP contribution in [0.25, 0.3) is 0 Å². The largest absolute Gasteiger partial charge is 0.493 e. The van der Waals surface area contributed by atoms with Gasteiger partial charge in [-0.2, -0.15) is 0 Å². The van der Waals surface area contributed by atoms with Crippen molar-refractivity contribution in [1.82, 2.24) is 4.98 Å². The molecule has 0 radical (unpaired) electrons. The number of aromatic nitrogens is 1. The number of aryl methyl sites for hydroxylation is 1. The third-order valence-corrected chi connectivity index (χ3v) is 2.91. The second-order valence-corrected chi connectivity index (χ2v) is 4.22. The first kappa shape index (κ1) is 14.3. The van der Waals surface area contributed by atoms with E-state index >= 15 is 0 Å². The summed E-state index contributed by atoms with van der Waals surface area (Å²) in [5.74, 6) is 0.684. The van der Waals surface area contributed by atoms with Crippen molar-refractivity contribution in [2.45, 2.75) is 20.0 Å². The van der Waals surface area contributed by atoms with Crippen LogP contribution in [0.1, 0.15) is 18.1 Å². The minimum Gasteiger partial charge on any atom is -0.493 e. The smallest absolute Gasteiger partial charge is 0.225 e. The summed E-state index contributed by atoms with van der Waals surface area (Å²) < 4.78 is 23.9. The number of aliphatic hydroxyl groups is 1. The summed E-state index contributed by atoms with van der Waals surface area (Å²) in [6, 6.07) is 6.75. The average Bonchev–Trinajstić information content (AvgIpc) is 2.49. The zero-order chi connectivity index (χ0) is 14.5. The van der Waals surface area contributed by atoms with Gasteiger partial charge in [0, 0.05) is 5.56 Å². The van der Waals surface area contributed by atoms with E-state index in [9.17, 15) is 9.50 Å². The van der Waals surface area contributed by atoms with E-state index in [-0.39, 0.29) is 18.1 Å². The lowest BCUT2D eigenvalue weighted by molar-refractivity contribution is 0.273. The lowest BCUT2D eigenvalue weighted by Crippen LogP contribution is -1.98. The number of halogens is 1. The van der Waals surface area contributed by atoms with Crippen molar-refractivity contribution in [3.8, 4) is 17.4 Å². The van der Waals surface area contributed by atoms with Crippen molar-refractivity contribution in [1.29, 1.82) is 0 Å². The SMILES string of the molecule is CCc1ccc(Oc2ncc(F)cc2CO)c(OC)c1. The molecule has 20 heavy (non-hydrogen) atoms. The van der Waals surface area contributed by atoms with Crippen LogP contribution in [0.4, 0.5) is 4.39 Å². The monoisotopic (exact) mass is 277 g/mol. The Kier molecular flexibility index (Phi) is 4.53. The summed E-state index contributed by atoms with van der Waals surface area (Å²) in [5, 5.41) is 9.21. The second-order valence-electron chi connectivity index (χ2n) is 4.22. The van der Waals surface area contributed by atoms with E-state index in [1.807, 2.05) is 19.1 Å². The number of methoxy groups -OCH3 is 1. The molecule has 2 aromatic rings. The van der Waals surface area contributed by atoms with Crippen LogP contribution in [0.3, 0.4) is 0 Å². The van der Waals surface area contributed by atoms with Crippen molar-refractivity contribution in [2.75, 3.05) is 7.11 Å². The van der Waals surface area contributed by atoms with E-state index in [1.165, 1.54) is 6.07 Å². The molecule has 0 aliphatic carbocycles. The zero-order valence-electron chi connectivity index (χ0n) is 11.4. The molecule has 1 heterocycles. The van der Waals surface area contributed by atoms with Crippen molar-refractivity contribution in [2.24, 2.45) is 0 Å². The lowest BCUT2D eigenvalue weighted by Gasteiger charge is -2.12. The Morgan fingerprint density at radius 3 is 2.70 bits per heavy atom. The van der Waals surface area contributed by atoms with Crippen LogP contribution in [0.5, 0.6) is 17.4 Å². The fourth-order valence-electron chi connectivity index (χ4n) is 1.79. The van der Waals surface area contributed by atoms with E-state index in [1.54, 1.807) is 13.2 Å². The summed E-state index contributed by atoms with van der Waals surface area (Å²) >= 11 is 0. The molecule has 1 N–H and O–H groups in total. The molecule has 1 aromatic heterocycles. The van der Waals surface area contributed by atoms with Gasteiger partial charge in [0.25, 0.3) is 0 Å². The van der Waals surface area contributed by atoms with E-state index < -0.39 is 5.82 Å². The second kappa shape index (κ2) is 6.34. The van der Waals surface area contributed by atoms with Gasteiger partial charge in [0.2, 0.25) is 5.88 Å². The Morgan fingerprint density at radius 1 is 1.25 bits per heavy atom. The zero-order valence-corrected chi connectivity index (χ0v) is 11.4. The highest BCUT2D eigenvalue weighted by atomic mass is 19.1. The third-order valence-electron chi connectivity index (χ3n) is 2.91. The van der Waals surface area contributed by atoms with Gasteiger partial charge in [-0.05, 0) is 30.2 Å². The fourth-order valence-corrected chi connectivity index (χ4v) is 1.79. The van der Waals surface area contributed by atoms with Crippen LogP contribution in [-0.2, 0) is 13.0 Å². The van der Waals surface area contributed by atoms with Gasteiger partial charge in [-0.3, -0.25) is 0 Å². The van der Waals surface area contributed by atoms with Gasteiger partial charge in [0.1, 0.15) is 5.82 Å². The van der Waals surface area contributed by atoms with Gasteiger partial charge >= 0.3 is 0 Å². The van der Waals surface area contributed by atoms with Crippen LogP contribution in [0.2, 0.25) is 0 Å². The first-order valence-electron chi connectivity index (χ1n) is 6.28. The highest BCUT2D eigenvalue weighted by Gasteiger charge is 2.11. The van der Waals surface area contributed by atoms with Gasteiger partial charge in [0.15, 0.2) is 11.5 Å². The number of ether oxygens (including phenoxy) is 2. The molecule has 4 nitrogen and oxygen atoms in total. The van der Waals surface area contributed by atoms with Crippen LogP contribution < -0.4 is 9.47 Å². The maximum Gasteiger partial charge on any atom is 0.225 e. The normalized spacial score (nSPS) is 10.4. The number of pyridine rings is 1. The molecule has 2 rings (SSSR count). The maximum atomic E-state index is 13.1. The molecule has 106 valence electrons. The standard InChI is InChI=1S/C15H16FNO3/c1-3-10-4-5-13(14(6-10)19-2)20-15-11(9-18)7-12(16)8-17-15/h4-8,18H,3,9H2,1-2H3. The summed E-state index contributed by atoms with van der Waals surface area (Å²) in [7, 11) is 1.55. The van der Waals surface area contributed by atoms with Gasteiger partial charge in [-0.15, -0.1) is 0 Å². The quantitative estimate of drug-likeness (QED) is 0.912. The predicted molar refractivity (Wildman–Crippen MR) is 72.6 cm³/mol. The number of benzene rings is 1. The van der Waals surface area contributed by atoms with E-state index in [0.29, 0.717) is 11.5 Å². The molecule has 0 unspecified atom stereocenters. The third kappa shape index (κ3) is 3.05. The summed E-state index contributed by atoms with van der Waals surface area (Å²) in [6.07, 6.45) is 1.93. The molecule has 0 spiro atoms. The average molecular weight is 277 g/mol. The molecule has 0 aliphatic heterocycles. The van der Waals surface area contributed by atoms with Crippen LogP contribution in [-0.4, -0.2) is 17.2 Å². The first-order valence-corrected chi connectivity index (χ1v) is 6.28. The van der Waals surface area contributed by atoms with Crippen molar-refractivity contribution < 1.29 is 19.0 Å². The molecule has 0 saturated carbocycles. The molecular formula is C15H16FNO3. The highest BCUT2D eigenvalue weighted by Crippen LogP contribution is 2.33. The van der Waals surface area contributed by atoms with Crippen molar-refractivity contribution in [3.05, 3.63) is 47.4 Å². The van der Waals surface area contributed by atoms with E-state index in [2.05, 4.69) is 4.98 Å². The Hall–Kier alpha value is -2.14. The minimum absolute atomic E-state index is 0.163. The highest BCUT2D eigenvalue weighted by molar-refractivity contribution is 5.45. The van der Waals surface area contributed by atoms with Gasteiger partial charge < -0.3 is 14.6 Å². The Balaban J connectivity index is 2.34. The van der Waals surface area contributed by atoms with Gasteiger partial charge in [0.05, 0.1) is 19.9 Å². The molecule has 0 atom stereocenters. The lowest BCUT2D eigenvalue weighted by atomic mass is 10.1. The molecule has 5 heteroatoms. The number of hydrogen-bond acceptors (Lipinski definition) is 4.